The van der Waals surface area contributed by atoms with E-state index in [-0.39, 0.29) is 5.75 Å². The lowest BCUT2D eigenvalue weighted by Gasteiger charge is -1.96. The summed E-state index contributed by atoms with van der Waals surface area (Å²) in [6.07, 6.45) is 1.50. The van der Waals surface area contributed by atoms with Gasteiger partial charge in [0.1, 0.15) is 0 Å². The Kier molecular flexibility index (Phi) is 0.545. The molecule has 1 aliphatic rings. The van der Waals surface area contributed by atoms with Crippen molar-refractivity contribution < 1.29 is 8.42 Å². The largest absolute Gasteiger partial charge is 0.223 e. The number of rotatable bonds is 0. The van der Waals surface area contributed by atoms with Crippen LogP contribution in [0.25, 0.3) is 0 Å². The number of sulfone groups is 1. The van der Waals surface area contributed by atoms with E-state index in [1.54, 1.807) is 0 Å². The predicted octanol–water partition coefficient (Wildman–Crippen LogP) is -0.268. The minimum absolute atomic E-state index is 0.188. The average Bonchev–Trinajstić information content (AvgIpc) is 1.32. The Labute approximate surface area is 36.4 Å². The third kappa shape index (κ3) is 0.452. The summed E-state index contributed by atoms with van der Waals surface area (Å²) in [5, 5.41) is 2.13. The van der Waals surface area contributed by atoms with Crippen molar-refractivity contribution in [1.82, 2.24) is 0 Å². The Bertz CT molecular complexity index is 163. The minimum atomic E-state index is -2.79. The highest BCUT2D eigenvalue weighted by atomic mass is 32.2. The summed E-state index contributed by atoms with van der Waals surface area (Å²) in [5.41, 5.74) is 0. The van der Waals surface area contributed by atoms with Crippen LogP contribution in [0.1, 0.15) is 0 Å². The van der Waals surface area contributed by atoms with E-state index in [4.69, 9.17) is 0 Å². The summed E-state index contributed by atoms with van der Waals surface area (Å²) in [6.45, 7) is 0. The van der Waals surface area contributed by atoms with Crippen LogP contribution in [0, 0.1) is 5.41 Å². The molecule has 0 saturated heterocycles. The Morgan fingerprint density at radius 1 is 1.67 bits per heavy atom. The average molecular weight is 103 g/mol. The first-order chi connectivity index (χ1) is 2.71. The van der Waals surface area contributed by atoms with E-state index in [2.05, 4.69) is 5.41 Å². The Morgan fingerprint density at radius 3 is 2.00 bits per heavy atom. The van der Waals surface area contributed by atoms with Crippen LogP contribution < -0.4 is 0 Å². The zero-order valence-corrected chi connectivity index (χ0v) is 3.83. The van der Waals surface area contributed by atoms with Crippen LogP contribution in [0.15, 0.2) is 6.08 Å². The Balaban J connectivity index is 3.15. The van der Waals surface area contributed by atoms with Crippen LogP contribution in [0.3, 0.4) is 0 Å². The van der Waals surface area contributed by atoms with E-state index < -0.39 is 9.84 Å². The van der Waals surface area contributed by atoms with Gasteiger partial charge in [0.05, 0.1) is 11.2 Å². The van der Waals surface area contributed by atoms with Gasteiger partial charge < -0.3 is 0 Å². The summed E-state index contributed by atoms with van der Waals surface area (Å²) in [4.78, 5) is 0. The topological polar surface area (TPSA) is 34.1 Å². The van der Waals surface area contributed by atoms with Gasteiger partial charge in [0.2, 0.25) is 0 Å². The van der Waals surface area contributed by atoms with Gasteiger partial charge in [-0.05, 0) is 6.08 Å². The molecule has 3 heteroatoms. The molecule has 1 aliphatic heterocycles. The maximum absolute atomic E-state index is 9.94. The van der Waals surface area contributed by atoms with Crippen molar-refractivity contribution in [2.75, 3.05) is 5.75 Å². The summed E-state index contributed by atoms with van der Waals surface area (Å²) in [5.74, 6) is 0.188. The molecule has 0 aromatic carbocycles. The molecule has 6 heavy (non-hydrogen) atoms. The van der Waals surface area contributed by atoms with Crippen LogP contribution in [-0.2, 0) is 9.84 Å². The molecule has 0 unspecified atom stereocenters. The zero-order valence-electron chi connectivity index (χ0n) is 3.01. The molecule has 0 saturated carbocycles. The molecule has 0 atom stereocenters. The third-order valence-electron chi connectivity index (χ3n) is 0.566. The SMILES string of the molecule is O=S1(=O)[C]=CC1. The molecule has 1 heterocycles. The molecule has 0 fully saturated rings. The van der Waals surface area contributed by atoms with E-state index in [1.165, 1.54) is 6.08 Å². The second-order valence-electron chi connectivity index (χ2n) is 1.10. The smallest absolute Gasteiger partial charge is 0.182 e. The quantitative estimate of drug-likeness (QED) is 0.423. The molecule has 0 aromatic rings. The van der Waals surface area contributed by atoms with Crippen LogP contribution in [0.4, 0.5) is 0 Å². The van der Waals surface area contributed by atoms with Gasteiger partial charge in [-0.25, -0.2) is 8.42 Å². The van der Waals surface area contributed by atoms with E-state index in [1.807, 2.05) is 0 Å². The van der Waals surface area contributed by atoms with E-state index in [0.29, 0.717) is 0 Å². The number of hydrogen-bond acceptors (Lipinski definition) is 2. The standard InChI is InChI=1S/C3H3O2S/c4-6(5)2-1-3-6/h1H,2H2. The lowest BCUT2D eigenvalue weighted by Crippen LogP contribution is -2.08. The maximum Gasteiger partial charge on any atom is 0.182 e. The van der Waals surface area contributed by atoms with Crippen molar-refractivity contribution in [1.29, 1.82) is 0 Å². The van der Waals surface area contributed by atoms with Gasteiger partial charge in [-0.1, -0.05) is 0 Å². The first-order valence-corrected chi connectivity index (χ1v) is 3.18. The van der Waals surface area contributed by atoms with Crippen LogP contribution in [0.2, 0.25) is 0 Å². The van der Waals surface area contributed by atoms with Crippen LogP contribution >= 0.6 is 0 Å². The fourth-order valence-corrected chi connectivity index (χ4v) is 0.658. The van der Waals surface area contributed by atoms with Gasteiger partial charge in [-0.15, -0.1) is 0 Å². The minimum Gasteiger partial charge on any atom is -0.223 e. The van der Waals surface area contributed by atoms with Gasteiger partial charge in [0.15, 0.2) is 9.84 Å². The molecule has 0 aliphatic carbocycles. The fraction of sp³-hybridized carbons (Fsp3) is 0.333. The molecule has 0 spiro atoms. The first kappa shape index (κ1) is 3.87. The summed E-state index contributed by atoms with van der Waals surface area (Å²) in [7, 11) is -2.79. The van der Waals surface area contributed by atoms with Gasteiger partial charge in [0, 0.05) is 0 Å². The molecule has 33 valence electrons. The normalized spacial score (nSPS) is 26.0. The molecule has 0 N–H and O–H groups in total. The highest BCUT2D eigenvalue weighted by Crippen LogP contribution is 2.00. The lowest BCUT2D eigenvalue weighted by atomic mass is 10.7. The van der Waals surface area contributed by atoms with Crippen molar-refractivity contribution in [2.45, 2.75) is 0 Å². The second-order valence-corrected chi connectivity index (χ2v) is 2.90. The first-order valence-electron chi connectivity index (χ1n) is 1.52. The van der Waals surface area contributed by atoms with Gasteiger partial charge >= 0.3 is 0 Å². The second kappa shape index (κ2) is 0.846. The molecule has 1 rings (SSSR count). The highest BCUT2D eigenvalue weighted by molar-refractivity contribution is 7.94. The molecule has 1 radical (unpaired) electrons. The maximum atomic E-state index is 9.94. The Morgan fingerprint density at radius 2 is 2.00 bits per heavy atom. The molecule has 2 nitrogen and oxygen atoms in total. The summed E-state index contributed by atoms with van der Waals surface area (Å²) >= 11 is 0. The van der Waals surface area contributed by atoms with Crippen LogP contribution in [-0.4, -0.2) is 14.2 Å². The van der Waals surface area contributed by atoms with Gasteiger partial charge in [-0.2, -0.15) is 0 Å². The molecular weight excluding hydrogens is 100 g/mol. The lowest BCUT2D eigenvalue weighted by molar-refractivity contribution is 0.603. The highest BCUT2D eigenvalue weighted by Gasteiger charge is 2.11. The van der Waals surface area contributed by atoms with E-state index in [0.717, 1.165) is 0 Å². The van der Waals surface area contributed by atoms with E-state index in [9.17, 15) is 8.42 Å². The van der Waals surface area contributed by atoms with Crippen LogP contribution in [0.5, 0.6) is 0 Å². The van der Waals surface area contributed by atoms with Crippen molar-refractivity contribution in [3.05, 3.63) is 11.5 Å². The number of hydrogen-bond donors (Lipinski definition) is 0. The third-order valence-corrected chi connectivity index (χ3v) is 1.70. The predicted molar refractivity (Wildman–Crippen MR) is 21.6 cm³/mol. The molecule has 0 bridgehead atoms. The van der Waals surface area contributed by atoms with Gasteiger partial charge in [0.25, 0.3) is 0 Å². The van der Waals surface area contributed by atoms with Crippen molar-refractivity contribution >= 4 is 9.84 Å². The monoisotopic (exact) mass is 103 g/mol. The molecular formula is C3H3O2S. The molecule has 0 aromatic heterocycles. The summed E-state index contributed by atoms with van der Waals surface area (Å²) < 4.78 is 19.9. The summed E-state index contributed by atoms with van der Waals surface area (Å²) in [6, 6.07) is 0. The van der Waals surface area contributed by atoms with E-state index >= 15 is 0 Å². The van der Waals surface area contributed by atoms with Crippen molar-refractivity contribution in [3.8, 4) is 0 Å². The van der Waals surface area contributed by atoms with Crippen molar-refractivity contribution in [3.63, 3.8) is 0 Å². The fourth-order valence-electron chi connectivity index (χ4n) is 0.219. The van der Waals surface area contributed by atoms with Gasteiger partial charge in [-0.3, -0.25) is 0 Å². The zero-order chi connectivity index (χ0) is 4.62. The van der Waals surface area contributed by atoms with Crippen molar-refractivity contribution in [2.24, 2.45) is 0 Å². The molecule has 0 amide bonds. The Hall–Kier alpha value is -0.310.